The van der Waals surface area contributed by atoms with Crippen molar-refractivity contribution >= 4 is 11.7 Å². The first kappa shape index (κ1) is 14.5. The summed E-state index contributed by atoms with van der Waals surface area (Å²) in [5.41, 5.74) is 1.40. The average molecular weight is 295 g/mol. The van der Waals surface area contributed by atoms with Gasteiger partial charge in [0.25, 0.3) is 0 Å². The van der Waals surface area contributed by atoms with Crippen LogP contribution >= 0.6 is 0 Å². The number of rotatable bonds is 3. The van der Waals surface area contributed by atoms with Crippen molar-refractivity contribution in [1.29, 1.82) is 0 Å². The number of fused-ring (bicyclic) bond motifs is 1. The van der Waals surface area contributed by atoms with Crippen LogP contribution in [0.5, 0.6) is 0 Å². The fraction of sp³-hybridized carbons (Fsp3) is 0.222. The summed E-state index contributed by atoms with van der Waals surface area (Å²) in [5.74, 6) is -0.499. The Labute approximate surface area is 129 Å². The molecule has 0 amide bonds. The van der Waals surface area contributed by atoms with Gasteiger partial charge in [-0.3, -0.25) is 0 Å². The number of aliphatic imine (C=N–C) groups is 1. The quantitative estimate of drug-likeness (QED) is 0.884. The van der Waals surface area contributed by atoms with Gasteiger partial charge in [-0.1, -0.05) is 54.6 Å². The lowest BCUT2D eigenvalue weighted by atomic mass is 9.87. The second-order valence-electron chi connectivity index (χ2n) is 5.36. The van der Waals surface area contributed by atoms with Crippen LogP contribution in [0.15, 0.2) is 59.6 Å². The summed E-state index contributed by atoms with van der Waals surface area (Å²) < 4.78 is 4.77. The minimum absolute atomic E-state index is 0.250. The number of esters is 1. The number of hydrogen-bond donors (Lipinski definition) is 1. The summed E-state index contributed by atoms with van der Waals surface area (Å²) in [6.45, 7) is 0. The van der Waals surface area contributed by atoms with Gasteiger partial charge in [0.1, 0.15) is 5.71 Å². The highest BCUT2D eigenvalue weighted by atomic mass is 16.5. The third-order valence-electron chi connectivity index (χ3n) is 3.84. The highest BCUT2D eigenvalue weighted by molar-refractivity contribution is 6.37. The van der Waals surface area contributed by atoms with Crippen molar-refractivity contribution in [2.75, 3.05) is 7.11 Å². The molecule has 0 fully saturated rings. The van der Waals surface area contributed by atoms with E-state index < -0.39 is 11.7 Å². The zero-order valence-corrected chi connectivity index (χ0v) is 12.3. The molecule has 0 radical (unpaired) electrons. The van der Waals surface area contributed by atoms with Crippen molar-refractivity contribution in [3.05, 3.63) is 71.3 Å². The van der Waals surface area contributed by atoms with Gasteiger partial charge < -0.3 is 9.84 Å². The van der Waals surface area contributed by atoms with Crippen molar-refractivity contribution in [3.8, 4) is 0 Å². The van der Waals surface area contributed by atoms with Crippen LogP contribution in [-0.2, 0) is 28.1 Å². The number of nitrogens with zero attached hydrogens (tertiary/aromatic N) is 1. The van der Waals surface area contributed by atoms with Gasteiger partial charge in [-0.25, -0.2) is 9.79 Å². The third kappa shape index (κ3) is 2.65. The Balaban J connectivity index is 2.06. The average Bonchev–Trinajstić information content (AvgIpc) is 2.55. The molecular formula is C18H17NO3. The summed E-state index contributed by atoms with van der Waals surface area (Å²) >= 11 is 0. The fourth-order valence-corrected chi connectivity index (χ4v) is 2.82. The zero-order valence-electron chi connectivity index (χ0n) is 12.3. The number of methoxy groups -OCH3 is 1. The summed E-state index contributed by atoms with van der Waals surface area (Å²) in [7, 11) is 1.32. The molecule has 0 spiro atoms. The molecule has 1 aliphatic rings. The predicted molar refractivity (Wildman–Crippen MR) is 83.6 cm³/mol. The molecule has 1 unspecified atom stereocenters. The lowest BCUT2D eigenvalue weighted by molar-refractivity contribution is -0.133. The molecule has 3 rings (SSSR count). The summed E-state index contributed by atoms with van der Waals surface area (Å²) in [5, 5.41) is 11.1. The minimum atomic E-state index is -1.44. The van der Waals surface area contributed by atoms with Crippen molar-refractivity contribution in [1.82, 2.24) is 0 Å². The molecule has 1 heterocycles. The standard InChI is InChI=1S/C18H17NO3/c1-22-17(20)16-11-14-9-5-6-10-15(14)18(21,19-16)12-13-7-3-2-4-8-13/h2-10,21H,11-12H2,1H3. The Hall–Kier alpha value is -2.46. The van der Waals surface area contributed by atoms with Crippen LogP contribution in [0.2, 0.25) is 0 Å². The van der Waals surface area contributed by atoms with Gasteiger partial charge in [0.15, 0.2) is 5.72 Å². The van der Waals surface area contributed by atoms with Crippen molar-refractivity contribution in [3.63, 3.8) is 0 Å². The molecule has 1 aliphatic heterocycles. The molecule has 22 heavy (non-hydrogen) atoms. The summed E-state index contributed by atoms with van der Waals surface area (Å²) in [6.07, 6.45) is 0.686. The van der Waals surface area contributed by atoms with Crippen LogP contribution in [0, 0.1) is 0 Å². The molecule has 0 saturated heterocycles. The lowest BCUT2D eigenvalue weighted by Crippen LogP contribution is -2.36. The number of hydrogen-bond acceptors (Lipinski definition) is 4. The van der Waals surface area contributed by atoms with Gasteiger partial charge in [-0.2, -0.15) is 0 Å². The summed E-state index contributed by atoms with van der Waals surface area (Å²) in [6, 6.07) is 17.1. The van der Waals surface area contributed by atoms with Crippen LogP contribution in [-0.4, -0.2) is 23.9 Å². The van der Waals surface area contributed by atoms with Crippen molar-refractivity contribution < 1.29 is 14.6 Å². The van der Waals surface area contributed by atoms with Crippen molar-refractivity contribution in [2.45, 2.75) is 18.6 Å². The second-order valence-corrected chi connectivity index (χ2v) is 5.36. The van der Waals surface area contributed by atoms with Crippen LogP contribution in [0.3, 0.4) is 0 Å². The Kier molecular flexibility index (Phi) is 3.77. The highest BCUT2D eigenvalue weighted by Crippen LogP contribution is 2.34. The van der Waals surface area contributed by atoms with Crippen LogP contribution in [0.25, 0.3) is 0 Å². The summed E-state index contributed by atoms with van der Waals surface area (Å²) in [4.78, 5) is 16.2. The SMILES string of the molecule is COC(=O)C1=NC(O)(Cc2ccccc2)c2ccccc2C1. The van der Waals surface area contributed by atoms with Gasteiger partial charge in [0.05, 0.1) is 7.11 Å². The normalized spacial score (nSPS) is 20.0. The number of benzene rings is 2. The third-order valence-corrected chi connectivity index (χ3v) is 3.84. The van der Waals surface area contributed by atoms with Gasteiger partial charge in [-0.15, -0.1) is 0 Å². The maximum atomic E-state index is 11.9. The monoisotopic (exact) mass is 295 g/mol. The molecular weight excluding hydrogens is 278 g/mol. The van der Waals surface area contributed by atoms with E-state index in [1.807, 2.05) is 54.6 Å². The van der Waals surface area contributed by atoms with E-state index in [4.69, 9.17) is 4.74 Å². The number of aliphatic hydroxyl groups is 1. The number of carbonyl (C=O) groups excluding carboxylic acids is 1. The van der Waals surface area contributed by atoms with Crippen molar-refractivity contribution in [2.24, 2.45) is 4.99 Å². The van der Waals surface area contributed by atoms with E-state index in [0.717, 1.165) is 16.7 Å². The second kappa shape index (κ2) is 5.73. The first-order chi connectivity index (χ1) is 10.6. The number of carbonyl (C=O) groups is 1. The van der Waals surface area contributed by atoms with Crippen LogP contribution < -0.4 is 0 Å². The molecule has 2 aromatic carbocycles. The van der Waals surface area contributed by atoms with Crippen LogP contribution in [0.4, 0.5) is 0 Å². The molecule has 112 valence electrons. The molecule has 4 heteroatoms. The van der Waals surface area contributed by atoms with E-state index >= 15 is 0 Å². The van der Waals surface area contributed by atoms with E-state index in [2.05, 4.69) is 4.99 Å². The van der Waals surface area contributed by atoms with E-state index in [0.29, 0.717) is 12.8 Å². The van der Waals surface area contributed by atoms with Gasteiger partial charge in [0.2, 0.25) is 0 Å². The van der Waals surface area contributed by atoms with Gasteiger partial charge in [-0.05, 0) is 11.1 Å². The molecule has 0 bridgehead atoms. The first-order valence-electron chi connectivity index (χ1n) is 7.14. The van der Waals surface area contributed by atoms with E-state index in [1.54, 1.807) is 0 Å². The fourth-order valence-electron chi connectivity index (χ4n) is 2.82. The zero-order chi connectivity index (χ0) is 15.6. The molecule has 4 nitrogen and oxygen atoms in total. The largest absolute Gasteiger partial charge is 0.465 e. The van der Waals surface area contributed by atoms with E-state index in [1.165, 1.54) is 7.11 Å². The maximum absolute atomic E-state index is 11.9. The van der Waals surface area contributed by atoms with E-state index in [-0.39, 0.29) is 5.71 Å². The highest BCUT2D eigenvalue weighted by Gasteiger charge is 2.37. The number of ether oxygens (including phenoxy) is 1. The lowest BCUT2D eigenvalue weighted by Gasteiger charge is -2.31. The maximum Gasteiger partial charge on any atom is 0.352 e. The molecule has 0 saturated carbocycles. The first-order valence-corrected chi connectivity index (χ1v) is 7.14. The Morgan fingerprint density at radius 2 is 1.86 bits per heavy atom. The molecule has 0 aliphatic carbocycles. The predicted octanol–water partition coefficient (Wildman–Crippen LogP) is 2.24. The Morgan fingerprint density at radius 3 is 2.59 bits per heavy atom. The topological polar surface area (TPSA) is 58.9 Å². The smallest absolute Gasteiger partial charge is 0.352 e. The van der Waals surface area contributed by atoms with E-state index in [9.17, 15) is 9.90 Å². The Bertz CT molecular complexity index is 724. The van der Waals surface area contributed by atoms with Crippen LogP contribution in [0.1, 0.15) is 16.7 Å². The Morgan fingerprint density at radius 1 is 1.18 bits per heavy atom. The molecule has 1 N–H and O–H groups in total. The molecule has 2 aromatic rings. The molecule has 0 aromatic heterocycles. The van der Waals surface area contributed by atoms with Gasteiger partial charge >= 0.3 is 5.97 Å². The molecule has 1 atom stereocenters. The minimum Gasteiger partial charge on any atom is -0.465 e. The van der Waals surface area contributed by atoms with Gasteiger partial charge in [0, 0.05) is 18.4 Å².